The van der Waals surface area contributed by atoms with Crippen molar-refractivity contribution >= 4 is 33.7 Å². The third-order valence-corrected chi connectivity index (χ3v) is 6.41. The van der Waals surface area contributed by atoms with Gasteiger partial charge in [0.2, 0.25) is 0 Å². The molecule has 4 rings (SSSR count). The van der Waals surface area contributed by atoms with Crippen molar-refractivity contribution in [3.63, 3.8) is 0 Å². The van der Waals surface area contributed by atoms with Crippen LogP contribution in [0.25, 0.3) is 0 Å². The van der Waals surface area contributed by atoms with Crippen LogP contribution in [0.15, 0.2) is 47.8 Å². The molecule has 0 N–H and O–H groups in total. The van der Waals surface area contributed by atoms with Gasteiger partial charge in [-0.1, -0.05) is 6.08 Å². The number of nitrogens with zero attached hydrogens (tertiary/aromatic N) is 3. The number of hydrogen-bond acceptors (Lipinski definition) is 6. The summed E-state index contributed by atoms with van der Waals surface area (Å²) in [6, 6.07) is 7.22. The molecule has 7 heteroatoms. The van der Waals surface area contributed by atoms with Crippen LogP contribution in [0.3, 0.4) is 0 Å². The van der Waals surface area contributed by atoms with Gasteiger partial charge in [-0.2, -0.15) is 0 Å². The zero-order chi connectivity index (χ0) is 19.3. The summed E-state index contributed by atoms with van der Waals surface area (Å²) in [7, 11) is 0. The normalized spacial score (nSPS) is 13.0. The zero-order valence-corrected chi connectivity index (χ0v) is 17.1. The molecule has 0 unspecified atom stereocenters. The van der Waals surface area contributed by atoms with Crippen LogP contribution in [0.5, 0.6) is 5.75 Å². The Morgan fingerprint density at radius 1 is 1.25 bits per heavy atom. The largest absolute Gasteiger partial charge is 0.487 e. The van der Waals surface area contributed by atoms with Gasteiger partial charge in [0.15, 0.2) is 5.13 Å². The smallest absolute Gasteiger partial charge is 0.260 e. The van der Waals surface area contributed by atoms with Crippen molar-refractivity contribution in [3.8, 4) is 5.75 Å². The molecular formula is C21H21N3O2S2. The number of aromatic nitrogens is 2. The predicted octanol–water partition coefficient (Wildman–Crippen LogP) is 4.89. The summed E-state index contributed by atoms with van der Waals surface area (Å²) in [5, 5.41) is 2.72. The van der Waals surface area contributed by atoms with Gasteiger partial charge in [0, 0.05) is 22.4 Å². The summed E-state index contributed by atoms with van der Waals surface area (Å²) in [6.45, 7) is 4.66. The van der Waals surface area contributed by atoms with Gasteiger partial charge in [0.25, 0.3) is 5.91 Å². The second-order valence-electron chi connectivity index (χ2n) is 6.57. The third kappa shape index (κ3) is 4.15. The van der Waals surface area contributed by atoms with Crippen LogP contribution in [-0.4, -0.2) is 22.4 Å². The molecule has 1 aliphatic rings. The summed E-state index contributed by atoms with van der Waals surface area (Å²) < 4.78 is 5.73. The number of carbonyl (C=O) groups excluding carboxylic acids is 1. The SMILES string of the molecule is C=CCN(C(=O)c1ccc(OCc2cscn2)cc1)c1nc2c(s1)CCCC2. The molecule has 2 aromatic heterocycles. The van der Waals surface area contributed by atoms with Gasteiger partial charge in [-0.05, 0) is 49.9 Å². The Morgan fingerprint density at radius 2 is 2.07 bits per heavy atom. The maximum absolute atomic E-state index is 13.1. The molecule has 28 heavy (non-hydrogen) atoms. The fourth-order valence-corrected chi connectivity index (χ4v) is 4.85. The maximum Gasteiger partial charge on any atom is 0.260 e. The fourth-order valence-electron chi connectivity index (χ4n) is 3.15. The number of carbonyl (C=O) groups is 1. The number of thiazole rings is 2. The molecule has 0 bridgehead atoms. The molecule has 0 radical (unpaired) electrons. The fraction of sp³-hybridized carbons (Fsp3) is 0.286. The van der Waals surface area contributed by atoms with Crippen LogP contribution < -0.4 is 9.64 Å². The lowest BCUT2D eigenvalue weighted by Crippen LogP contribution is -2.31. The van der Waals surface area contributed by atoms with E-state index in [1.54, 1.807) is 51.3 Å². The molecule has 0 saturated heterocycles. The van der Waals surface area contributed by atoms with E-state index in [0.29, 0.717) is 24.5 Å². The molecule has 1 aliphatic carbocycles. The van der Waals surface area contributed by atoms with E-state index in [0.717, 1.165) is 29.4 Å². The van der Waals surface area contributed by atoms with Gasteiger partial charge in [0.1, 0.15) is 12.4 Å². The molecular weight excluding hydrogens is 390 g/mol. The standard InChI is InChI=1S/C21H21N3O2S2/c1-2-11-24(21-23-18-5-3-4-6-19(18)28-21)20(25)15-7-9-17(10-8-15)26-12-16-13-27-14-22-16/h2,7-10,13-14H,1,3-6,11-12H2. The first kappa shape index (κ1) is 18.8. The average molecular weight is 412 g/mol. The Balaban J connectivity index is 1.48. The summed E-state index contributed by atoms with van der Waals surface area (Å²) in [5.41, 5.74) is 4.44. The Hall–Kier alpha value is -2.51. The second kappa shape index (κ2) is 8.67. The highest BCUT2D eigenvalue weighted by molar-refractivity contribution is 7.16. The van der Waals surface area contributed by atoms with Crippen molar-refractivity contribution in [2.24, 2.45) is 0 Å². The van der Waals surface area contributed by atoms with E-state index in [9.17, 15) is 4.79 Å². The Labute approximate surface area is 172 Å². The van der Waals surface area contributed by atoms with Crippen LogP contribution in [0.4, 0.5) is 5.13 Å². The van der Waals surface area contributed by atoms with Gasteiger partial charge in [-0.25, -0.2) is 9.97 Å². The van der Waals surface area contributed by atoms with Crippen LogP contribution >= 0.6 is 22.7 Å². The van der Waals surface area contributed by atoms with Crippen LogP contribution in [-0.2, 0) is 19.4 Å². The molecule has 144 valence electrons. The molecule has 0 atom stereocenters. The molecule has 0 aliphatic heterocycles. The van der Waals surface area contributed by atoms with Crippen molar-refractivity contribution in [1.29, 1.82) is 0 Å². The topological polar surface area (TPSA) is 55.3 Å². The van der Waals surface area contributed by atoms with E-state index in [-0.39, 0.29) is 5.91 Å². The van der Waals surface area contributed by atoms with Crippen molar-refractivity contribution in [1.82, 2.24) is 9.97 Å². The lowest BCUT2D eigenvalue weighted by molar-refractivity contribution is 0.0989. The maximum atomic E-state index is 13.1. The Kier molecular flexibility index (Phi) is 5.83. The predicted molar refractivity (Wildman–Crippen MR) is 114 cm³/mol. The van der Waals surface area contributed by atoms with Crippen molar-refractivity contribution in [3.05, 3.63) is 69.6 Å². The van der Waals surface area contributed by atoms with Gasteiger partial charge in [-0.3, -0.25) is 9.69 Å². The molecule has 3 aromatic rings. The number of benzene rings is 1. The number of aryl methyl sites for hydroxylation is 2. The summed E-state index contributed by atoms with van der Waals surface area (Å²) in [4.78, 5) is 25.1. The van der Waals surface area contributed by atoms with E-state index in [1.807, 2.05) is 17.5 Å². The number of hydrogen-bond donors (Lipinski definition) is 0. The number of rotatable bonds is 7. The first-order valence-electron chi connectivity index (χ1n) is 9.26. The minimum absolute atomic E-state index is 0.0722. The highest BCUT2D eigenvalue weighted by atomic mass is 32.1. The highest BCUT2D eigenvalue weighted by Gasteiger charge is 2.23. The molecule has 1 amide bonds. The molecule has 5 nitrogen and oxygen atoms in total. The van der Waals surface area contributed by atoms with E-state index >= 15 is 0 Å². The number of amides is 1. The first-order valence-corrected chi connectivity index (χ1v) is 11.0. The van der Waals surface area contributed by atoms with Crippen molar-refractivity contribution in [2.75, 3.05) is 11.4 Å². The third-order valence-electron chi connectivity index (χ3n) is 4.59. The van der Waals surface area contributed by atoms with Crippen LogP contribution in [0.1, 0.15) is 39.5 Å². The highest BCUT2D eigenvalue weighted by Crippen LogP contribution is 2.32. The van der Waals surface area contributed by atoms with Gasteiger partial charge in [-0.15, -0.1) is 29.3 Å². The monoisotopic (exact) mass is 411 g/mol. The summed E-state index contributed by atoms with van der Waals surface area (Å²) in [5.74, 6) is 0.640. The second-order valence-corrected chi connectivity index (χ2v) is 8.35. The van der Waals surface area contributed by atoms with E-state index < -0.39 is 0 Å². The van der Waals surface area contributed by atoms with E-state index in [1.165, 1.54) is 17.7 Å². The molecule has 2 heterocycles. The van der Waals surface area contributed by atoms with Gasteiger partial charge < -0.3 is 4.74 Å². The molecule has 1 aromatic carbocycles. The van der Waals surface area contributed by atoms with Crippen LogP contribution in [0.2, 0.25) is 0 Å². The Bertz CT molecular complexity index is 925. The number of fused-ring (bicyclic) bond motifs is 1. The zero-order valence-electron chi connectivity index (χ0n) is 15.5. The van der Waals surface area contributed by atoms with E-state index in [4.69, 9.17) is 9.72 Å². The minimum Gasteiger partial charge on any atom is -0.487 e. The average Bonchev–Trinajstić information content (AvgIpc) is 3.40. The minimum atomic E-state index is -0.0722. The Morgan fingerprint density at radius 3 is 2.79 bits per heavy atom. The first-order chi connectivity index (χ1) is 13.7. The molecule has 0 saturated carbocycles. The van der Waals surface area contributed by atoms with E-state index in [2.05, 4.69) is 11.6 Å². The van der Waals surface area contributed by atoms with Crippen molar-refractivity contribution in [2.45, 2.75) is 32.3 Å². The van der Waals surface area contributed by atoms with Gasteiger partial charge in [0.05, 0.1) is 16.9 Å². The van der Waals surface area contributed by atoms with Crippen molar-refractivity contribution < 1.29 is 9.53 Å². The quantitative estimate of drug-likeness (QED) is 0.520. The summed E-state index contributed by atoms with van der Waals surface area (Å²) in [6.07, 6.45) is 6.19. The number of anilines is 1. The molecule has 0 spiro atoms. The van der Waals surface area contributed by atoms with Gasteiger partial charge >= 0.3 is 0 Å². The van der Waals surface area contributed by atoms with Crippen LogP contribution in [0, 0.1) is 0 Å². The molecule has 0 fully saturated rings. The lowest BCUT2D eigenvalue weighted by Gasteiger charge is -2.18. The summed E-state index contributed by atoms with van der Waals surface area (Å²) >= 11 is 3.17. The lowest BCUT2D eigenvalue weighted by atomic mass is 10.0. The number of ether oxygens (including phenoxy) is 1.